The first-order valence-electron chi connectivity index (χ1n) is 3.72. The number of nitrogens with zero attached hydrogens (tertiary/aromatic N) is 1. The smallest absolute Gasteiger partial charge is 0.0231 e. The minimum absolute atomic E-state index is 0.715. The van der Waals surface area contributed by atoms with E-state index >= 15 is 0 Å². The maximum atomic E-state index is 5.35. The molecule has 0 atom stereocenters. The van der Waals surface area contributed by atoms with Crippen LogP contribution in [0.25, 0.3) is 0 Å². The average molecular weight is 152 g/mol. The van der Waals surface area contributed by atoms with E-state index in [2.05, 4.69) is 13.2 Å². The van der Waals surface area contributed by atoms with Gasteiger partial charge in [0.2, 0.25) is 0 Å². The molecule has 62 valence electrons. The van der Waals surface area contributed by atoms with Crippen molar-refractivity contribution in [2.45, 2.75) is 6.42 Å². The minimum Gasteiger partial charge on any atom is -0.355 e. The maximum Gasteiger partial charge on any atom is 0.0231 e. The fourth-order valence-corrected chi connectivity index (χ4v) is 0.672. The van der Waals surface area contributed by atoms with Gasteiger partial charge in [-0.3, -0.25) is 0 Å². The van der Waals surface area contributed by atoms with Crippen LogP contribution in [0, 0.1) is 0 Å². The summed E-state index contributed by atoms with van der Waals surface area (Å²) in [6.07, 6.45) is 8.29. The summed E-state index contributed by atoms with van der Waals surface area (Å²) < 4.78 is 0. The standard InChI is InChI=1S/C9H16N2/c1-3-5-8-11(4-2)9-6-7-10/h3-5,8H,1-2,6-7,9-10H2/b8-5-. The van der Waals surface area contributed by atoms with E-state index in [1.807, 2.05) is 17.2 Å². The molecule has 0 spiro atoms. The third-order valence-corrected chi connectivity index (χ3v) is 1.27. The van der Waals surface area contributed by atoms with Crippen LogP contribution in [0.3, 0.4) is 0 Å². The molecule has 0 aromatic carbocycles. The first-order valence-corrected chi connectivity index (χ1v) is 3.72. The normalized spacial score (nSPS) is 9.91. The Morgan fingerprint density at radius 2 is 2.09 bits per heavy atom. The van der Waals surface area contributed by atoms with Crippen LogP contribution in [0.2, 0.25) is 0 Å². The van der Waals surface area contributed by atoms with E-state index in [1.165, 1.54) is 0 Å². The summed E-state index contributed by atoms with van der Waals surface area (Å²) in [7, 11) is 0. The van der Waals surface area contributed by atoms with Gasteiger partial charge >= 0.3 is 0 Å². The molecule has 0 saturated carbocycles. The highest BCUT2D eigenvalue weighted by atomic mass is 15.1. The molecule has 0 aliphatic carbocycles. The van der Waals surface area contributed by atoms with Crippen molar-refractivity contribution in [1.82, 2.24) is 4.90 Å². The molecule has 0 heterocycles. The van der Waals surface area contributed by atoms with Gasteiger partial charge in [0.1, 0.15) is 0 Å². The van der Waals surface area contributed by atoms with Crippen LogP contribution in [0.1, 0.15) is 6.42 Å². The van der Waals surface area contributed by atoms with E-state index < -0.39 is 0 Å². The van der Waals surface area contributed by atoms with Gasteiger partial charge in [0.15, 0.2) is 0 Å². The Balaban J connectivity index is 3.65. The van der Waals surface area contributed by atoms with E-state index in [4.69, 9.17) is 5.73 Å². The summed E-state index contributed by atoms with van der Waals surface area (Å²) in [6, 6.07) is 0. The van der Waals surface area contributed by atoms with Gasteiger partial charge in [-0.15, -0.1) is 0 Å². The Kier molecular flexibility index (Phi) is 6.43. The highest BCUT2D eigenvalue weighted by Crippen LogP contribution is 1.92. The summed E-state index contributed by atoms with van der Waals surface area (Å²) in [5, 5.41) is 0. The molecule has 0 aliphatic heterocycles. The van der Waals surface area contributed by atoms with Gasteiger partial charge in [0.05, 0.1) is 0 Å². The molecule has 0 aromatic heterocycles. The first-order chi connectivity index (χ1) is 5.35. The molecule has 2 nitrogen and oxygen atoms in total. The van der Waals surface area contributed by atoms with Crippen molar-refractivity contribution in [3.05, 3.63) is 37.7 Å². The molecule has 2 N–H and O–H groups in total. The quantitative estimate of drug-likeness (QED) is 0.584. The summed E-state index contributed by atoms with van der Waals surface area (Å²) in [5.74, 6) is 0. The lowest BCUT2D eigenvalue weighted by molar-refractivity contribution is 0.494. The van der Waals surface area contributed by atoms with Gasteiger partial charge in [-0.25, -0.2) is 0 Å². The molecule has 0 unspecified atom stereocenters. The van der Waals surface area contributed by atoms with Crippen molar-refractivity contribution < 1.29 is 0 Å². The summed E-state index contributed by atoms with van der Waals surface area (Å²) in [6.45, 7) is 8.88. The van der Waals surface area contributed by atoms with Crippen molar-refractivity contribution in [3.63, 3.8) is 0 Å². The Morgan fingerprint density at radius 3 is 2.55 bits per heavy atom. The predicted molar refractivity (Wildman–Crippen MR) is 49.9 cm³/mol. The molecule has 0 aromatic rings. The van der Waals surface area contributed by atoms with Crippen molar-refractivity contribution in [3.8, 4) is 0 Å². The average Bonchev–Trinajstić information content (AvgIpc) is 2.05. The van der Waals surface area contributed by atoms with Crippen LogP contribution in [0.4, 0.5) is 0 Å². The Morgan fingerprint density at radius 1 is 1.36 bits per heavy atom. The highest BCUT2D eigenvalue weighted by Gasteiger charge is 1.89. The fourth-order valence-electron chi connectivity index (χ4n) is 0.672. The Bertz CT molecular complexity index is 138. The second kappa shape index (κ2) is 7.09. The second-order valence-corrected chi connectivity index (χ2v) is 2.14. The fraction of sp³-hybridized carbons (Fsp3) is 0.333. The second-order valence-electron chi connectivity index (χ2n) is 2.14. The third kappa shape index (κ3) is 5.43. The lowest BCUT2D eigenvalue weighted by Gasteiger charge is -2.12. The van der Waals surface area contributed by atoms with E-state index in [9.17, 15) is 0 Å². The first kappa shape index (κ1) is 9.98. The molecule has 11 heavy (non-hydrogen) atoms. The Hall–Kier alpha value is -1.02. The monoisotopic (exact) mass is 152 g/mol. The minimum atomic E-state index is 0.715. The summed E-state index contributed by atoms with van der Waals surface area (Å²) >= 11 is 0. The van der Waals surface area contributed by atoms with Crippen molar-refractivity contribution in [2.24, 2.45) is 5.73 Å². The predicted octanol–water partition coefficient (Wildman–Crippen LogP) is 1.48. The molecule has 0 radical (unpaired) electrons. The number of hydrogen-bond donors (Lipinski definition) is 1. The lowest BCUT2D eigenvalue weighted by atomic mass is 10.4. The van der Waals surface area contributed by atoms with Gasteiger partial charge in [0.25, 0.3) is 0 Å². The zero-order valence-electron chi connectivity index (χ0n) is 6.87. The molecule has 2 heteroatoms. The topological polar surface area (TPSA) is 29.3 Å². The highest BCUT2D eigenvalue weighted by molar-refractivity contribution is 4.98. The number of nitrogens with two attached hydrogens (primary N) is 1. The van der Waals surface area contributed by atoms with Crippen molar-refractivity contribution in [1.29, 1.82) is 0 Å². The largest absolute Gasteiger partial charge is 0.355 e. The van der Waals surface area contributed by atoms with Gasteiger partial charge in [-0.1, -0.05) is 19.2 Å². The van der Waals surface area contributed by atoms with Gasteiger partial charge in [0, 0.05) is 12.7 Å². The van der Waals surface area contributed by atoms with E-state index in [-0.39, 0.29) is 0 Å². The number of hydrogen-bond acceptors (Lipinski definition) is 2. The molecule has 0 aliphatic rings. The van der Waals surface area contributed by atoms with E-state index in [0.29, 0.717) is 6.54 Å². The van der Waals surface area contributed by atoms with Gasteiger partial charge < -0.3 is 10.6 Å². The third-order valence-electron chi connectivity index (χ3n) is 1.27. The lowest BCUT2D eigenvalue weighted by Crippen LogP contribution is -2.14. The zero-order chi connectivity index (χ0) is 8.53. The molecule has 0 saturated heterocycles. The molecule has 0 rings (SSSR count). The van der Waals surface area contributed by atoms with Crippen LogP contribution in [0.15, 0.2) is 37.7 Å². The number of rotatable bonds is 6. The van der Waals surface area contributed by atoms with Crippen LogP contribution in [-0.4, -0.2) is 18.0 Å². The van der Waals surface area contributed by atoms with Crippen LogP contribution in [-0.2, 0) is 0 Å². The molecule has 0 amide bonds. The molecular formula is C9H16N2. The van der Waals surface area contributed by atoms with Crippen LogP contribution < -0.4 is 5.73 Å². The Labute approximate surface area is 68.7 Å². The van der Waals surface area contributed by atoms with E-state index in [1.54, 1.807) is 12.3 Å². The zero-order valence-corrected chi connectivity index (χ0v) is 6.87. The molecule has 0 bridgehead atoms. The van der Waals surface area contributed by atoms with Crippen LogP contribution in [0.5, 0.6) is 0 Å². The summed E-state index contributed by atoms with van der Waals surface area (Å²) in [4.78, 5) is 1.98. The van der Waals surface area contributed by atoms with Crippen molar-refractivity contribution >= 4 is 0 Å². The maximum absolute atomic E-state index is 5.35. The number of allylic oxidation sites excluding steroid dienone is 2. The van der Waals surface area contributed by atoms with Crippen LogP contribution >= 0.6 is 0 Å². The van der Waals surface area contributed by atoms with E-state index in [0.717, 1.165) is 13.0 Å². The van der Waals surface area contributed by atoms with Gasteiger partial charge in [-0.2, -0.15) is 0 Å². The van der Waals surface area contributed by atoms with Gasteiger partial charge in [-0.05, 0) is 25.2 Å². The SMILES string of the molecule is C=C/C=C\N(C=C)CCCN. The molecular weight excluding hydrogens is 136 g/mol. The van der Waals surface area contributed by atoms with Crippen molar-refractivity contribution in [2.75, 3.05) is 13.1 Å². The molecule has 0 fully saturated rings. The summed E-state index contributed by atoms with van der Waals surface area (Å²) in [5.41, 5.74) is 5.35.